The Labute approximate surface area is 195 Å². The molecule has 1 saturated carbocycles. The lowest BCUT2D eigenvalue weighted by Gasteiger charge is -2.27. The number of benzene rings is 1. The fourth-order valence-electron chi connectivity index (χ4n) is 4.09. The first-order valence-electron chi connectivity index (χ1n) is 10.9. The first-order chi connectivity index (χ1) is 15.9. The molecule has 1 aliphatic carbocycles. The second-order valence-electron chi connectivity index (χ2n) is 8.24. The minimum atomic E-state index is -0.521. The van der Waals surface area contributed by atoms with Crippen molar-refractivity contribution in [2.45, 2.75) is 37.9 Å². The number of amidine groups is 1. The summed E-state index contributed by atoms with van der Waals surface area (Å²) in [6.07, 6.45) is 1.69. The number of hydrogen-bond donors (Lipinski definition) is 4. The van der Waals surface area contributed by atoms with E-state index in [1.54, 1.807) is 16.3 Å². The summed E-state index contributed by atoms with van der Waals surface area (Å²) in [5, 5.41) is 14.8. The average molecular weight is 470 g/mol. The lowest BCUT2D eigenvalue weighted by molar-refractivity contribution is -0.140. The van der Waals surface area contributed by atoms with Crippen LogP contribution in [0.15, 0.2) is 41.8 Å². The third-order valence-corrected chi connectivity index (χ3v) is 6.81. The molecule has 174 valence electrons. The lowest BCUT2D eigenvalue weighted by Crippen LogP contribution is -2.50. The molecule has 2 aromatic rings. The molecule has 3 unspecified atom stereocenters. The molecule has 1 saturated heterocycles. The molecular formula is C23H27N5O4S. The van der Waals surface area contributed by atoms with E-state index in [0.29, 0.717) is 30.2 Å². The molecule has 0 bridgehead atoms. The molecular weight excluding hydrogens is 442 g/mol. The van der Waals surface area contributed by atoms with Crippen LogP contribution in [0, 0.1) is 11.3 Å². The van der Waals surface area contributed by atoms with Crippen LogP contribution in [0.3, 0.4) is 0 Å². The molecule has 0 spiro atoms. The first kappa shape index (κ1) is 22.8. The zero-order valence-electron chi connectivity index (χ0n) is 18.1. The van der Waals surface area contributed by atoms with E-state index in [2.05, 4.69) is 10.6 Å². The Hall–Kier alpha value is -3.40. The predicted molar refractivity (Wildman–Crippen MR) is 124 cm³/mol. The summed E-state index contributed by atoms with van der Waals surface area (Å²) in [6.45, 7) is 0.407. The molecule has 10 heteroatoms. The Morgan fingerprint density at radius 1 is 1.18 bits per heavy atom. The Balaban J connectivity index is 1.22. The highest BCUT2D eigenvalue weighted by Gasteiger charge is 2.55. The van der Waals surface area contributed by atoms with Crippen molar-refractivity contribution >= 4 is 34.9 Å². The third kappa shape index (κ3) is 5.70. The van der Waals surface area contributed by atoms with E-state index in [1.807, 2.05) is 30.3 Å². The molecule has 3 amide bonds. The molecule has 9 nitrogen and oxygen atoms in total. The van der Waals surface area contributed by atoms with Crippen LogP contribution in [-0.4, -0.2) is 53.7 Å². The van der Waals surface area contributed by atoms with Crippen molar-refractivity contribution in [1.29, 1.82) is 5.41 Å². The predicted octanol–water partition coefficient (Wildman–Crippen LogP) is 1.22. The van der Waals surface area contributed by atoms with Crippen LogP contribution >= 0.6 is 11.3 Å². The van der Waals surface area contributed by atoms with Crippen molar-refractivity contribution in [2.24, 2.45) is 11.7 Å². The van der Waals surface area contributed by atoms with Gasteiger partial charge in [0.25, 0.3) is 0 Å². The number of fused-ring (bicyclic) bond motifs is 1. The number of amides is 3. The van der Waals surface area contributed by atoms with Gasteiger partial charge in [-0.1, -0.05) is 18.2 Å². The highest BCUT2D eigenvalue weighted by atomic mass is 32.1. The number of carbonyl (C=O) groups is 3. The highest BCUT2D eigenvalue weighted by molar-refractivity contribution is 7.10. The van der Waals surface area contributed by atoms with Crippen LogP contribution in [0.2, 0.25) is 0 Å². The van der Waals surface area contributed by atoms with Gasteiger partial charge in [0.1, 0.15) is 17.6 Å². The van der Waals surface area contributed by atoms with Crippen molar-refractivity contribution in [3.63, 3.8) is 0 Å². The van der Waals surface area contributed by atoms with Crippen molar-refractivity contribution in [3.8, 4) is 5.75 Å². The standard InChI is InChI=1S/C23H27N5O4S/c24-22(25)15-8-17(33-13-15)11-27-23(31)19-10-14-9-18(14)28(19)21(30)12-26-20(29)6-7-32-16-4-2-1-3-5-16/h1-5,8,13-14,18-19H,6-7,9-12H2,(H3,24,25)(H,26,29)(H,27,31). The Morgan fingerprint density at radius 2 is 1.97 bits per heavy atom. The zero-order valence-corrected chi connectivity index (χ0v) is 18.9. The monoisotopic (exact) mass is 469 g/mol. The van der Waals surface area contributed by atoms with Gasteiger partial charge in [-0.05, 0) is 37.0 Å². The fourth-order valence-corrected chi connectivity index (χ4v) is 4.91. The molecule has 2 aliphatic rings. The quantitative estimate of drug-likeness (QED) is 0.306. The first-order valence-corrected chi connectivity index (χ1v) is 11.8. The van der Waals surface area contributed by atoms with Crippen LogP contribution in [0.4, 0.5) is 0 Å². The van der Waals surface area contributed by atoms with E-state index >= 15 is 0 Å². The van der Waals surface area contributed by atoms with E-state index < -0.39 is 6.04 Å². The second-order valence-corrected chi connectivity index (χ2v) is 9.23. The molecule has 2 heterocycles. The maximum Gasteiger partial charge on any atom is 0.243 e. The summed E-state index contributed by atoms with van der Waals surface area (Å²) < 4.78 is 5.51. The molecule has 4 rings (SSSR count). The zero-order chi connectivity index (χ0) is 23.4. The van der Waals surface area contributed by atoms with Crippen LogP contribution in [-0.2, 0) is 20.9 Å². The molecule has 33 heavy (non-hydrogen) atoms. The van der Waals surface area contributed by atoms with Crippen molar-refractivity contribution < 1.29 is 19.1 Å². The maximum absolute atomic E-state index is 12.8. The maximum atomic E-state index is 12.8. The van der Waals surface area contributed by atoms with Crippen molar-refractivity contribution in [2.75, 3.05) is 13.2 Å². The van der Waals surface area contributed by atoms with E-state index in [-0.39, 0.29) is 49.2 Å². The normalized spacial score (nSPS) is 20.6. The van der Waals surface area contributed by atoms with Crippen molar-refractivity contribution in [3.05, 3.63) is 52.2 Å². The summed E-state index contributed by atoms with van der Waals surface area (Å²) >= 11 is 1.42. The van der Waals surface area contributed by atoms with Gasteiger partial charge in [-0.25, -0.2) is 0 Å². The molecule has 1 aromatic heterocycles. The van der Waals surface area contributed by atoms with Crippen LogP contribution in [0.25, 0.3) is 0 Å². The lowest BCUT2D eigenvalue weighted by atomic mass is 10.1. The van der Waals surface area contributed by atoms with Crippen LogP contribution < -0.4 is 21.1 Å². The molecule has 5 N–H and O–H groups in total. The Morgan fingerprint density at radius 3 is 2.70 bits per heavy atom. The van der Waals surface area contributed by atoms with Crippen LogP contribution in [0.1, 0.15) is 29.7 Å². The third-order valence-electron chi connectivity index (χ3n) is 5.87. The SMILES string of the molecule is N=C(N)c1csc(CNC(=O)C2CC3CC3N2C(=O)CNC(=O)CCOc2ccccc2)c1. The highest BCUT2D eigenvalue weighted by Crippen LogP contribution is 2.47. The second kappa shape index (κ2) is 10.0. The number of carbonyl (C=O) groups excluding carboxylic acids is 3. The number of rotatable bonds is 10. The van der Waals surface area contributed by atoms with Gasteiger partial charge in [0.2, 0.25) is 17.7 Å². The minimum Gasteiger partial charge on any atom is -0.493 e. The topological polar surface area (TPSA) is 138 Å². The number of hydrogen-bond acceptors (Lipinski definition) is 6. The summed E-state index contributed by atoms with van der Waals surface area (Å²) in [5.41, 5.74) is 6.11. The van der Waals surface area contributed by atoms with E-state index in [1.165, 1.54) is 11.3 Å². The smallest absolute Gasteiger partial charge is 0.243 e. The number of ether oxygens (including phenoxy) is 1. The molecule has 0 radical (unpaired) electrons. The van der Waals surface area contributed by atoms with Crippen LogP contribution in [0.5, 0.6) is 5.75 Å². The summed E-state index contributed by atoms with van der Waals surface area (Å²) in [6, 6.07) is 10.5. The molecule has 3 atom stereocenters. The summed E-state index contributed by atoms with van der Waals surface area (Å²) in [5.74, 6) is 0.317. The number of nitrogens with zero attached hydrogens (tertiary/aromatic N) is 1. The Kier molecular flexibility index (Phi) is 6.93. The Bertz CT molecular complexity index is 1040. The molecule has 2 fully saturated rings. The average Bonchev–Trinajstić information content (AvgIpc) is 3.22. The summed E-state index contributed by atoms with van der Waals surface area (Å²) in [7, 11) is 0. The number of nitrogens with one attached hydrogen (secondary N) is 3. The molecule has 1 aliphatic heterocycles. The van der Waals surface area contributed by atoms with Gasteiger partial charge in [-0.2, -0.15) is 0 Å². The van der Waals surface area contributed by atoms with Gasteiger partial charge in [0.15, 0.2) is 0 Å². The number of likely N-dealkylation sites (tertiary alicyclic amines) is 1. The summed E-state index contributed by atoms with van der Waals surface area (Å²) in [4.78, 5) is 40.2. The number of nitrogen functional groups attached to an aromatic ring is 1. The number of piperidine rings is 1. The number of para-hydroxylation sites is 1. The van der Waals surface area contributed by atoms with Gasteiger partial charge in [-0.3, -0.25) is 19.8 Å². The van der Waals surface area contributed by atoms with Gasteiger partial charge >= 0.3 is 0 Å². The fraction of sp³-hybridized carbons (Fsp3) is 0.391. The number of nitrogens with two attached hydrogens (primary N) is 1. The molecule has 1 aromatic carbocycles. The van der Waals surface area contributed by atoms with Gasteiger partial charge in [-0.15, -0.1) is 11.3 Å². The van der Waals surface area contributed by atoms with E-state index in [4.69, 9.17) is 15.9 Å². The van der Waals surface area contributed by atoms with Gasteiger partial charge < -0.3 is 26.0 Å². The largest absolute Gasteiger partial charge is 0.493 e. The minimum absolute atomic E-state index is 0.00912. The van der Waals surface area contributed by atoms with E-state index in [0.717, 1.165) is 11.3 Å². The van der Waals surface area contributed by atoms with Gasteiger partial charge in [0.05, 0.1) is 26.1 Å². The van der Waals surface area contributed by atoms with Gasteiger partial charge in [0, 0.05) is 21.9 Å². The number of thiophene rings is 1. The van der Waals surface area contributed by atoms with Crippen molar-refractivity contribution in [1.82, 2.24) is 15.5 Å². The van der Waals surface area contributed by atoms with E-state index in [9.17, 15) is 14.4 Å².